The van der Waals surface area contributed by atoms with Gasteiger partial charge in [-0.15, -0.1) is 0 Å². The van der Waals surface area contributed by atoms with E-state index in [0.29, 0.717) is 17.4 Å². The van der Waals surface area contributed by atoms with Crippen molar-refractivity contribution in [1.29, 1.82) is 0 Å². The summed E-state index contributed by atoms with van der Waals surface area (Å²) in [5, 5.41) is 0. The van der Waals surface area contributed by atoms with E-state index in [9.17, 15) is 0 Å². The number of nitrogens with two attached hydrogens (primary N) is 2. The minimum Gasteiger partial charge on any atom is -0.328 e. The normalized spacial score (nSPS) is 51.2. The smallest absolute Gasteiger partial charge is 0.0247 e. The Hall–Kier alpha value is -0.0800. The number of hydrogen-bond donors (Lipinski definition) is 2. The molecule has 4 atom stereocenters. The third-order valence-corrected chi connectivity index (χ3v) is 4.51. The van der Waals surface area contributed by atoms with Gasteiger partial charge in [0.25, 0.3) is 0 Å². The molecule has 76 valence electrons. The summed E-state index contributed by atoms with van der Waals surface area (Å²) >= 11 is 0. The monoisotopic (exact) mass is 182 g/mol. The molecule has 0 spiro atoms. The molecule has 3 unspecified atom stereocenters. The van der Waals surface area contributed by atoms with Crippen molar-refractivity contribution in [1.82, 2.24) is 0 Å². The van der Waals surface area contributed by atoms with Crippen LogP contribution in [0.1, 0.15) is 46.0 Å². The van der Waals surface area contributed by atoms with Crippen LogP contribution in [-0.4, -0.2) is 11.6 Å². The Morgan fingerprint density at radius 3 is 2.46 bits per heavy atom. The molecular weight excluding hydrogens is 160 g/mol. The fourth-order valence-corrected chi connectivity index (χ4v) is 3.52. The number of fused-ring (bicyclic) bond motifs is 1. The molecule has 0 aliphatic heterocycles. The van der Waals surface area contributed by atoms with Crippen molar-refractivity contribution in [3.63, 3.8) is 0 Å². The SMILES string of the molecule is CC(N)CC1C2(C)CCCC[C@]12N. The molecule has 2 nitrogen and oxygen atoms in total. The van der Waals surface area contributed by atoms with Crippen molar-refractivity contribution in [2.45, 2.75) is 57.5 Å². The Morgan fingerprint density at radius 2 is 2.00 bits per heavy atom. The van der Waals surface area contributed by atoms with Crippen LogP contribution in [0.2, 0.25) is 0 Å². The van der Waals surface area contributed by atoms with Crippen LogP contribution in [0.25, 0.3) is 0 Å². The maximum Gasteiger partial charge on any atom is 0.0247 e. The summed E-state index contributed by atoms with van der Waals surface area (Å²) in [4.78, 5) is 0. The van der Waals surface area contributed by atoms with Gasteiger partial charge in [-0.3, -0.25) is 0 Å². The second kappa shape index (κ2) is 2.71. The van der Waals surface area contributed by atoms with Gasteiger partial charge in [0.05, 0.1) is 0 Å². The fourth-order valence-electron chi connectivity index (χ4n) is 3.52. The van der Waals surface area contributed by atoms with Crippen LogP contribution in [0.15, 0.2) is 0 Å². The highest BCUT2D eigenvalue weighted by molar-refractivity contribution is 5.25. The van der Waals surface area contributed by atoms with E-state index in [2.05, 4.69) is 13.8 Å². The van der Waals surface area contributed by atoms with Crippen LogP contribution in [-0.2, 0) is 0 Å². The first-order valence-electron chi connectivity index (χ1n) is 5.55. The third-order valence-electron chi connectivity index (χ3n) is 4.51. The van der Waals surface area contributed by atoms with Gasteiger partial charge in [-0.05, 0) is 37.5 Å². The van der Waals surface area contributed by atoms with Crippen molar-refractivity contribution >= 4 is 0 Å². The Balaban J connectivity index is 2.07. The summed E-state index contributed by atoms with van der Waals surface area (Å²) < 4.78 is 0. The second-order valence-electron chi connectivity index (χ2n) is 5.43. The van der Waals surface area contributed by atoms with Crippen LogP contribution in [0, 0.1) is 11.3 Å². The van der Waals surface area contributed by atoms with Crippen LogP contribution >= 0.6 is 0 Å². The summed E-state index contributed by atoms with van der Waals surface area (Å²) in [5.41, 5.74) is 12.9. The summed E-state index contributed by atoms with van der Waals surface area (Å²) in [6, 6.07) is 0.313. The molecule has 0 aromatic heterocycles. The maximum atomic E-state index is 6.42. The topological polar surface area (TPSA) is 52.0 Å². The van der Waals surface area contributed by atoms with E-state index in [1.54, 1.807) is 0 Å². The number of hydrogen-bond acceptors (Lipinski definition) is 2. The molecule has 2 rings (SSSR count). The zero-order chi connectivity index (χ0) is 9.69. The van der Waals surface area contributed by atoms with E-state index in [1.165, 1.54) is 25.7 Å². The molecule has 2 heteroatoms. The van der Waals surface area contributed by atoms with Crippen molar-refractivity contribution in [3.8, 4) is 0 Å². The summed E-state index contributed by atoms with van der Waals surface area (Å²) in [5.74, 6) is 0.697. The van der Waals surface area contributed by atoms with Gasteiger partial charge in [0.15, 0.2) is 0 Å². The zero-order valence-electron chi connectivity index (χ0n) is 8.84. The predicted octanol–water partition coefficient (Wildman–Crippen LogP) is 1.63. The highest BCUT2D eigenvalue weighted by atomic mass is 15.0. The van der Waals surface area contributed by atoms with Gasteiger partial charge in [0, 0.05) is 11.6 Å². The lowest BCUT2D eigenvalue weighted by Gasteiger charge is -2.23. The van der Waals surface area contributed by atoms with Gasteiger partial charge in [-0.25, -0.2) is 0 Å². The fraction of sp³-hybridized carbons (Fsp3) is 1.00. The average molecular weight is 182 g/mol. The highest BCUT2D eigenvalue weighted by Gasteiger charge is 2.70. The molecule has 0 aromatic carbocycles. The minimum absolute atomic E-state index is 0.152. The van der Waals surface area contributed by atoms with E-state index >= 15 is 0 Å². The van der Waals surface area contributed by atoms with Gasteiger partial charge < -0.3 is 11.5 Å². The van der Waals surface area contributed by atoms with Crippen LogP contribution in [0.3, 0.4) is 0 Å². The molecule has 0 heterocycles. The minimum atomic E-state index is 0.152. The maximum absolute atomic E-state index is 6.42. The van der Waals surface area contributed by atoms with Gasteiger partial charge in [-0.1, -0.05) is 19.8 Å². The summed E-state index contributed by atoms with van der Waals surface area (Å²) in [7, 11) is 0. The Kier molecular flexibility index (Phi) is 1.97. The second-order valence-corrected chi connectivity index (χ2v) is 5.43. The van der Waals surface area contributed by atoms with Crippen LogP contribution in [0.4, 0.5) is 0 Å². The molecule has 0 bridgehead atoms. The predicted molar refractivity (Wildman–Crippen MR) is 55.2 cm³/mol. The average Bonchev–Trinajstić information content (AvgIpc) is 2.51. The van der Waals surface area contributed by atoms with Gasteiger partial charge in [-0.2, -0.15) is 0 Å². The van der Waals surface area contributed by atoms with Crippen LogP contribution in [0.5, 0.6) is 0 Å². The van der Waals surface area contributed by atoms with E-state index < -0.39 is 0 Å². The Morgan fingerprint density at radius 1 is 1.38 bits per heavy atom. The van der Waals surface area contributed by atoms with Gasteiger partial charge >= 0.3 is 0 Å². The first kappa shape index (κ1) is 9.47. The van der Waals surface area contributed by atoms with Crippen LogP contribution < -0.4 is 11.5 Å². The molecule has 0 aromatic rings. The third kappa shape index (κ3) is 1.15. The van der Waals surface area contributed by atoms with Crippen molar-refractivity contribution < 1.29 is 0 Å². The van der Waals surface area contributed by atoms with Crippen molar-refractivity contribution in [2.75, 3.05) is 0 Å². The highest BCUT2D eigenvalue weighted by Crippen LogP contribution is 2.68. The molecule has 4 N–H and O–H groups in total. The van der Waals surface area contributed by atoms with Gasteiger partial charge in [0.2, 0.25) is 0 Å². The Labute approximate surface area is 81.1 Å². The molecule has 2 aliphatic carbocycles. The molecule has 13 heavy (non-hydrogen) atoms. The lowest BCUT2D eigenvalue weighted by atomic mass is 9.86. The zero-order valence-corrected chi connectivity index (χ0v) is 8.84. The largest absolute Gasteiger partial charge is 0.328 e. The molecule has 0 radical (unpaired) electrons. The van der Waals surface area contributed by atoms with Crippen molar-refractivity contribution in [3.05, 3.63) is 0 Å². The summed E-state index contributed by atoms with van der Waals surface area (Å²) in [6.07, 6.45) is 6.35. The quantitative estimate of drug-likeness (QED) is 0.682. The Bertz CT molecular complexity index is 196. The first-order chi connectivity index (χ1) is 6.01. The summed E-state index contributed by atoms with van der Waals surface area (Å²) in [6.45, 7) is 4.45. The lowest BCUT2D eigenvalue weighted by molar-refractivity contribution is 0.326. The molecule has 0 saturated heterocycles. The van der Waals surface area contributed by atoms with Gasteiger partial charge in [0.1, 0.15) is 0 Å². The van der Waals surface area contributed by atoms with Crippen molar-refractivity contribution in [2.24, 2.45) is 22.8 Å². The van der Waals surface area contributed by atoms with E-state index in [1.807, 2.05) is 0 Å². The standard InChI is InChI=1S/C11H22N2/c1-8(12)7-9-10(2)5-3-4-6-11(9,10)13/h8-9H,3-7,12-13H2,1-2H3/t8?,9?,10?,11-/m0/s1. The lowest BCUT2D eigenvalue weighted by Crippen LogP contribution is -2.33. The molecule has 2 saturated carbocycles. The van der Waals surface area contributed by atoms with E-state index in [-0.39, 0.29) is 5.54 Å². The molecule has 2 fully saturated rings. The molecule has 2 aliphatic rings. The molecular formula is C11H22N2. The van der Waals surface area contributed by atoms with E-state index in [0.717, 1.165) is 6.42 Å². The molecule has 0 amide bonds. The first-order valence-corrected chi connectivity index (χ1v) is 5.55. The van der Waals surface area contributed by atoms with E-state index in [4.69, 9.17) is 11.5 Å². The number of rotatable bonds is 2.